The molecule has 6 nitrogen and oxygen atoms in total. The van der Waals surface area contributed by atoms with Crippen molar-refractivity contribution in [3.8, 4) is 17.2 Å². The molecule has 5 atom stereocenters. The van der Waals surface area contributed by atoms with E-state index in [1.807, 2.05) is 30.3 Å². The predicted octanol–water partition coefficient (Wildman–Crippen LogP) is 5.42. The summed E-state index contributed by atoms with van der Waals surface area (Å²) in [5.74, 6) is 3.23. The van der Waals surface area contributed by atoms with Gasteiger partial charge in [-0.2, -0.15) is 0 Å². The highest BCUT2D eigenvalue weighted by Gasteiger charge is 2.73. The van der Waals surface area contributed by atoms with Crippen molar-refractivity contribution in [3.63, 3.8) is 0 Å². The second kappa shape index (κ2) is 9.75. The van der Waals surface area contributed by atoms with E-state index in [1.54, 1.807) is 7.11 Å². The van der Waals surface area contributed by atoms with Crippen LogP contribution in [0.1, 0.15) is 54.4 Å². The minimum atomic E-state index is -0.846. The number of nitrogens with zero attached hydrogens (tertiary/aromatic N) is 1. The van der Waals surface area contributed by atoms with Crippen LogP contribution in [0.2, 0.25) is 0 Å². The topological polar surface area (TPSA) is 60.4 Å². The number of ether oxygens (including phenoxy) is 4. The van der Waals surface area contributed by atoms with Gasteiger partial charge in [-0.15, -0.1) is 0 Å². The van der Waals surface area contributed by atoms with Gasteiger partial charge in [0.15, 0.2) is 11.5 Å². The molecule has 0 amide bonds. The summed E-state index contributed by atoms with van der Waals surface area (Å²) in [6.07, 6.45) is 5.51. The Bertz CT molecular complexity index is 1420. The first kappa shape index (κ1) is 25.6. The number of aliphatic hydroxyl groups is 1. The number of benzene rings is 3. The van der Waals surface area contributed by atoms with Crippen molar-refractivity contribution in [1.29, 1.82) is 0 Å². The van der Waals surface area contributed by atoms with Crippen LogP contribution in [0.5, 0.6) is 17.2 Å². The van der Waals surface area contributed by atoms with Crippen molar-refractivity contribution in [3.05, 3.63) is 89.0 Å². The second-order valence-corrected chi connectivity index (χ2v) is 12.8. The molecular weight excluding hydrogens is 514 g/mol. The molecule has 8 rings (SSSR count). The molecule has 1 unspecified atom stereocenters. The first-order valence-corrected chi connectivity index (χ1v) is 15.3. The van der Waals surface area contributed by atoms with Crippen LogP contribution in [0.3, 0.4) is 0 Å². The summed E-state index contributed by atoms with van der Waals surface area (Å²) < 4.78 is 25.4. The van der Waals surface area contributed by atoms with E-state index >= 15 is 0 Å². The van der Waals surface area contributed by atoms with Crippen molar-refractivity contribution in [1.82, 2.24) is 4.90 Å². The van der Waals surface area contributed by atoms with E-state index in [9.17, 15) is 5.11 Å². The zero-order valence-corrected chi connectivity index (χ0v) is 23.8. The van der Waals surface area contributed by atoms with Gasteiger partial charge in [-0.1, -0.05) is 48.5 Å². The van der Waals surface area contributed by atoms with E-state index in [0.29, 0.717) is 13.2 Å². The Labute approximate surface area is 242 Å². The van der Waals surface area contributed by atoms with Crippen LogP contribution in [0, 0.1) is 5.92 Å². The van der Waals surface area contributed by atoms with E-state index in [4.69, 9.17) is 18.9 Å². The first-order chi connectivity index (χ1) is 20.1. The fourth-order valence-corrected chi connectivity index (χ4v) is 8.37. The van der Waals surface area contributed by atoms with Crippen LogP contribution in [0.4, 0.5) is 0 Å². The third-order valence-corrected chi connectivity index (χ3v) is 10.6. The Morgan fingerprint density at radius 3 is 2.51 bits per heavy atom. The van der Waals surface area contributed by atoms with Crippen molar-refractivity contribution >= 4 is 0 Å². The highest BCUT2D eigenvalue weighted by atomic mass is 16.6. The summed E-state index contributed by atoms with van der Waals surface area (Å²) >= 11 is 0. The van der Waals surface area contributed by atoms with Crippen molar-refractivity contribution in [2.75, 3.05) is 20.2 Å². The van der Waals surface area contributed by atoms with E-state index in [1.165, 1.54) is 24.0 Å². The number of hydrogen-bond donors (Lipinski definition) is 1. The molecule has 41 heavy (non-hydrogen) atoms. The molecule has 0 radical (unpaired) electrons. The lowest BCUT2D eigenvalue weighted by molar-refractivity contribution is -0.217. The van der Waals surface area contributed by atoms with Crippen molar-refractivity contribution in [2.45, 2.75) is 81.0 Å². The molecule has 3 aromatic rings. The quantitative estimate of drug-likeness (QED) is 0.382. The summed E-state index contributed by atoms with van der Waals surface area (Å²) in [7, 11) is 1.68. The highest BCUT2D eigenvalue weighted by molar-refractivity contribution is 5.63. The standard InChI is InChI=1S/C35H39NO5/c1-38-27-12-9-25(10-13-27)22-40-29-15-16-35(37)30-19-26-11-14-28(39-21-24-5-3-2-4-6-24)32-31(26)34(35,33(29)41-32)17-18-36(30)20-23-7-8-23/h2-6,9-14,23,29-30,33,37H,7-8,15-22H2,1H3/t29-,30-,33+,34+,35?/m1/s1. The second-order valence-electron chi connectivity index (χ2n) is 12.8. The Balaban J connectivity index is 1.15. The Morgan fingerprint density at radius 1 is 0.927 bits per heavy atom. The van der Waals surface area contributed by atoms with E-state index in [-0.39, 0.29) is 18.2 Å². The Kier molecular flexibility index (Phi) is 6.10. The smallest absolute Gasteiger partial charge is 0.166 e. The first-order valence-electron chi connectivity index (χ1n) is 15.3. The third kappa shape index (κ3) is 4.02. The van der Waals surface area contributed by atoms with Gasteiger partial charge in [0.2, 0.25) is 0 Å². The van der Waals surface area contributed by atoms with Gasteiger partial charge in [-0.25, -0.2) is 0 Å². The fraction of sp³-hybridized carbons (Fsp3) is 0.486. The molecule has 1 spiro atoms. The minimum Gasteiger partial charge on any atom is -0.497 e. The van der Waals surface area contributed by atoms with Crippen LogP contribution in [-0.2, 0) is 29.8 Å². The molecule has 0 aromatic heterocycles. The van der Waals surface area contributed by atoms with Crippen molar-refractivity contribution < 1.29 is 24.1 Å². The number of methoxy groups -OCH3 is 1. The molecule has 2 saturated carbocycles. The van der Waals surface area contributed by atoms with Gasteiger partial charge in [-0.3, -0.25) is 4.90 Å². The third-order valence-electron chi connectivity index (χ3n) is 10.6. The van der Waals surface area contributed by atoms with Gasteiger partial charge in [0.25, 0.3) is 0 Å². The molecule has 2 heterocycles. The molecule has 2 bridgehead atoms. The van der Waals surface area contributed by atoms with Crippen LogP contribution in [0.25, 0.3) is 0 Å². The molecular formula is C35H39NO5. The molecule has 1 N–H and O–H groups in total. The summed E-state index contributed by atoms with van der Waals surface area (Å²) in [6, 6.07) is 22.8. The molecule has 3 fully saturated rings. The molecule has 5 aliphatic rings. The monoisotopic (exact) mass is 553 g/mol. The number of likely N-dealkylation sites (tertiary alicyclic amines) is 1. The summed E-state index contributed by atoms with van der Waals surface area (Å²) in [6.45, 7) is 3.07. The highest BCUT2D eigenvalue weighted by Crippen LogP contribution is 2.66. The molecule has 1 saturated heterocycles. The van der Waals surface area contributed by atoms with Crippen LogP contribution < -0.4 is 14.2 Å². The minimum absolute atomic E-state index is 0.111. The summed E-state index contributed by atoms with van der Waals surface area (Å²) in [5.41, 5.74) is 3.39. The normalized spacial score (nSPS) is 31.3. The van der Waals surface area contributed by atoms with Crippen LogP contribution in [0.15, 0.2) is 66.7 Å². The van der Waals surface area contributed by atoms with Crippen LogP contribution >= 0.6 is 0 Å². The van der Waals surface area contributed by atoms with E-state index in [0.717, 1.165) is 73.1 Å². The maximum atomic E-state index is 12.8. The SMILES string of the molecule is COc1ccc(CO[C@@H]2CCC3(O)[C@H]4Cc5ccc(OCc6ccccc6)c6c5[C@@]3(CCN4CC3CC3)[C@H]2O6)cc1. The lowest BCUT2D eigenvalue weighted by Gasteiger charge is -2.64. The number of piperidine rings is 1. The average molecular weight is 554 g/mol. The van der Waals surface area contributed by atoms with E-state index < -0.39 is 11.0 Å². The molecule has 214 valence electrons. The Hall–Kier alpha value is -3.06. The number of rotatable bonds is 9. The zero-order chi connectivity index (χ0) is 27.6. The van der Waals surface area contributed by atoms with Crippen molar-refractivity contribution in [2.24, 2.45) is 5.92 Å². The fourth-order valence-electron chi connectivity index (χ4n) is 8.37. The summed E-state index contributed by atoms with van der Waals surface area (Å²) in [4.78, 5) is 2.61. The van der Waals surface area contributed by atoms with Gasteiger partial charge < -0.3 is 24.1 Å². The lowest BCUT2D eigenvalue weighted by Crippen LogP contribution is -2.77. The molecule has 6 heteroatoms. The van der Waals surface area contributed by atoms with Crippen LogP contribution in [-0.4, -0.2) is 54.1 Å². The molecule has 2 aliphatic heterocycles. The largest absolute Gasteiger partial charge is 0.497 e. The molecule has 3 aromatic carbocycles. The predicted molar refractivity (Wildman–Crippen MR) is 155 cm³/mol. The molecule has 3 aliphatic carbocycles. The van der Waals surface area contributed by atoms with E-state index in [2.05, 4.69) is 41.3 Å². The van der Waals surface area contributed by atoms with Gasteiger partial charge in [-0.05, 0) is 85.9 Å². The van der Waals surface area contributed by atoms with Gasteiger partial charge in [0.1, 0.15) is 18.5 Å². The maximum absolute atomic E-state index is 12.8. The number of hydrogen-bond acceptors (Lipinski definition) is 6. The average Bonchev–Trinajstić information content (AvgIpc) is 3.75. The maximum Gasteiger partial charge on any atom is 0.166 e. The lowest BCUT2D eigenvalue weighted by atomic mass is 9.48. The van der Waals surface area contributed by atoms with Gasteiger partial charge in [0, 0.05) is 18.2 Å². The summed E-state index contributed by atoms with van der Waals surface area (Å²) in [5, 5.41) is 12.8. The van der Waals surface area contributed by atoms with Gasteiger partial charge >= 0.3 is 0 Å². The Morgan fingerprint density at radius 2 is 1.73 bits per heavy atom. The zero-order valence-electron chi connectivity index (χ0n) is 23.8. The van der Waals surface area contributed by atoms with Gasteiger partial charge in [0.05, 0.1) is 30.8 Å².